The molecule has 0 aromatic carbocycles. The highest BCUT2D eigenvalue weighted by molar-refractivity contribution is 5.83. The van der Waals surface area contributed by atoms with Crippen molar-refractivity contribution in [3.05, 3.63) is 0 Å². The molecule has 0 heterocycles. The molecule has 112 valence electrons. The van der Waals surface area contributed by atoms with Crippen LogP contribution in [-0.4, -0.2) is 31.3 Å². The Kier molecular flexibility index (Phi) is 15.0. The zero-order valence-corrected chi connectivity index (χ0v) is 12.3. The minimum atomic E-state index is -0.496. The number of carbonyl (C=O) groups is 3. The number of unbranched alkanes of at least 4 members (excludes halogenated alkanes) is 4. The van der Waals surface area contributed by atoms with E-state index in [9.17, 15) is 14.4 Å². The number of amides is 3. The SMILES string of the molecule is CCCCCCCC(=O)NCC(N)=O.CNC(C)=O. The van der Waals surface area contributed by atoms with Gasteiger partial charge in [0.2, 0.25) is 17.7 Å². The van der Waals surface area contributed by atoms with Gasteiger partial charge in [-0.05, 0) is 6.42 Å². The summed E-state index contributed by atoms with van der Waals surface area (Å²) in [7, 11) is 1.60. The highest BCUT2D eigenvalue weighted by Crippen LogP contribution is 2.04. The Balaban J connectivity index is 0. The first kappa shape index (κ1) is 19.7. The van der Waals surface area contributed by atoms with Crippen molar-refractivity contribution in [1.29, 1.82) is 0 Å². The second kappa shape index (κ2) is 14.5. The summed E-state index contributed by atoms with van der Waals surface area (Å²) in [4.78, 5) is 31.1. The molecule has 6 nitrogen and oxygen atoms in total. The van der Waals surface area contributed by atoms with Crippen LogP contribution in [-0.2, 0) is 14.4 Å². The standard InChI is InChI=1S/C10H20N2O2.C3H7NO/c1-2-3-4-5-6-7-10(14)12-8-9(11)13;1-3(5)4-2/h2-8H2,1H3,(H2,11,13)(H,12,14);1-2H3,(H,4,5). The molecule has 0 bridgehead atoms. The van der Waals surface area contributed by atoms with E-state index >= 15 is 0 Å². The third-order valence-electron chi connectivity index (χ3n) is 2.32. The molecule has 0 saturated heterocycles. The fraction of sp³-hybridized carbons (Fsp3) is 0.769. The van der Waals surface area contributed by atoms with Crippen LogP contribution in [0.1, 0.15) is 52.4 Å². The van der Waals surface area contributed by atoms with Gasteiger partial charge in [0.05, 0.1) is 6.54 Å². The van der Waals surface area contributed by atoms with Gasteiger partial charge in [-0.2, -0.15) is 0 Å². The molecular formula is C13H27N3O3. The molecule has 4 N–H and O–H groups in total. The lowest BCUT2D eigenvalue weighted by atomic mass is 10.1. The largest absolute Gasteiger partial charge is 0.368 e. The maximum atomic E-state index is 11.1. The number of hydrogen-bond acceptors (Lipinski definition) is 3. The number of nitrogens with two attached hydrogens (primary N) is 1. The summed E-state index contributed by atoms with van der Waals surface area (Å²) in [5.74, 6) is -0.574. The summed E-state index contributed by atoms with van der Waals surface area (Å²) in [6.07, 6.45) is 6.08. The summed E-state index contributed by atoms with van der Waals surface area (Å²) in [6, 6.07) is 0. The van der Waals surface area contributed by atoms with Gasteiger partial charge in [0.15, 0.2) is 0 Å². The topological polar surface area (TPSA) is 101 Å². The van der Waals surface area contributed by atoms with Crippen LogP contribution in [0.5, 0.6) is 0 Å². The molecule has 0 rings (SSSR count). The fourth-order valence-corrected chi connectivity index (χ4v) is 1.16. The van der Waals surface area contributed by atoms with E-state index in [4.69, 9.17) is 5.73 Å². The third-order valence-corrected chi connectivity index (χ3v) is 2.32. The van der Waals surface area contributed by atoms with Gasteiger partial charge in [-0.15, -0.1) is 0 Å². The molecule has 0 aliphatic rings. The number of hydrogen-bond donors (Lipinski definition) is 3. The lowest BCUT2D eigenvalue weighted by Crippen LogP contribution is -2.33. The lowest BCUT2D eigenvalue weighted by Gasteiger charge is -2.02. The summed E-state index contributed by atoms with van der Waals surface area (Å²) >= 11 is 0. The average Bonchev–Trinajstić information content (AvgIpc) is 2.36. The third kappa shape index (κ3) is 22.1. The van der Waals surface area contributed by atoms with E-state index in [2.05, 4.69) is 17.6 Å². The number of primary amides is 1. The van der Waals surface area contributed by atoms with Gasteiger partial charge in [0.25, 0.3) is 0 Å². The molecule has 3 amide bonds. The monoisotopic (exact) mass is 273 g/mol. The number of rotatable bonds is 8. The first-order chi connectivity index (χ1) is 8.93. The van der Waals surface area contributed by atoms with Crippen LogP contribution in [0.4, 0.5) is 0 Å². The molecule has 0 saturated carbocycles. The van der Waals surface area contributed by atoms with Crippen LogP contribution in [0.3, 0.4) is 0 Å². The Bertz CT molecular complexity index is 268. The van der Waals surface area contributed by atoms with Crippen LogP contribution in [0.25, 0.3) is 0 Å². The second-order valence-electron chi connectivity index (χ2n) is 4.21. The maximum absolute atomic E-state index is 11.1. The predicted octanol–water partition coefficient (Wildman–Crippen LogP) is 0.701. The molecule has 0 unspecified atom stereocenters. The van der Waals surface area contributed by atoms with E-state index in [1.54, 1.807) is 7.05 Å². The van der Waals surface area contributed by atoms with Gasteiger partial charge < -0.3 is 16.4 Å². The van der Waals surface area contributed by atoms with Crippen LogP contribution in [0, 0.1) is 0 Å². The zero-order valence-electron chi connectivity index (χ0n) is 12.3. The van der Waals surface area contributed by atoms with Crippen molar-refractivity contribution in [2.75, 3.05) is 13.6 Å². The summed E-state index contributed by atoms with van der Waals surface area (Å²) in [5.41, 5.74) is 4.88. The molecule has 0 spiro atoms. The first-order valence-electron chi connectivity index (χ1n) is 6.67. The summed E-state index contributed by atoms with van der Waals surface area (Å²) in [5, 5.41) is 4.85. The van der Waals surface area contributed by atoms with Crippen molar-refractivity contribution in [1.82, 2.24) is 10.6 Å². The minimum Gasteiger partial charge on any atom is -0.368 e. The molecule has 6 heteroatoms. The second-order valence-corrected chi connectivity index (χ2v) is 4.21. The fourth-order valence-electron chi connectivity index (χ4n) is 1.16. The Morgan fingerprint density at radius 1 is 1.05 bits per heavy atom. The normalized spacial score (nSPS) is 9.00. The molecule has 0 aromatic rings. The Morgan fingerprint density at radius 3 is 2.00 bits per heavy atom. The highest BCUT2D eigenvalue weighted by Gasteiger charge is 2.01. The predicted molar refractivity (Wildman–Crippen MR) is 75.3 cm³/mol. The molecular weight excluding hydrogens is 246 g/mol. The lowest BCUT2D eigenvalue weighted by molar-refractivity contribution is -0.124. The average molecular weight is 273 g/mol. The van der Waals surface area contributed by atoms with E-state index in [0.717, 1.165) is 12.8 Å². The van der Waals surface area contributed by atoms with Crippen molar-refractivity contribution >= 4 is 17.7 Å². The summed E-state index contributed by atoms with van der Waals surface area (Å²) in [6.45, 7) is 3.58. The quantitative estimate of drug-likeness (QED) is 0.567. The first-order valence-corrected chi connectivity index (χ1v) is 6.67. The van der Waals surface area contributed by atoms with Crippen molar-refractivity contribution < 1.29 is 14.4 Å². The van der Waals surface area contributed by atoms with E-state index in [1.165, 1.54) is 26.2 Å². The molecule has 0 aromatic heterocycles. The minimum absolute atomic E-state index is 0.00463. The van der Waals surface area contributed by atoms with Crippen LogP contribution in [0.15, 0.2) is 0 Å². The highest BCUT2D eigenvalue weighted by atomic mass is 16.2. The van der Waals surface area contributed by atoms with Gasteiger partial charge >= 0.3 is 0 Å². The summed E-state index contributed by atoms with van der Waals surface area (Å²) < 4.78 is 0. The van der Waals surface area contributed by atoms with Crippen molar-refractivity contribution in [3.8, 4) is 0 Å². The van der Waals surface area contributed by atoms with E-state index in [1.807, 2.05) is 0 Å². The Labute approximate surface area is 115 Å². The molecule has 0 radical (unpaired) electrons. The van der Waals surface area contributed by atoms with Crippen LogP contribution in [0.2, 0.25) is 0 Å². The van der Waals surface area contributed by atoms with Gasteiger partial charge in [-0.1, -0.05) is 32.6 Å². The van der Waals surface area contributed by atoms with E-state index in [0.29, 0.717) is 6.42 Å². The Morgan fingerprint density at radius 2 is 1.58 bits per heavy atom. The molecule has 0 aliphatic carbocycles. The molecule has 0 atom stereocenters. The van der Waals surface area contributed by atoms with Gasteiger partial charge in [0.1, 0.15) is 0 Å². The smallest absolute Gasteiger partial charge is 0.236 e. The van der Waals surface area contributed by atoms with Crippen molar-refractivity contribution in [2.24, 2.45) is 5.73 Å². The number of nitrogens with one attached hydrogen (secondary N) is 2. The van der Waals surface area contributed by atoms with Crippen molar-refractivity contribution in [2.45, 2.75) is 52.4 Å². The zero-order chi connectivity index (χ0) is 15.1. The van der Waals surface area contributed by atoms with Gasteiger partial charge in [-0.3, -0.25) is 14.4 Å². The van der Waals surface area contributed by atoms with Crippen LogP contribution < -0.4 is 16.4 Å². The van der Waals surface area contributed by atoms with Crippen LogP contribution >= 0.6 is 0 Å². The van der Waals surface area contributed by atoms with Crippen molar-refractivity contribution in [3.63, 3.8) is 0 Å². The maximum Gasteiger partial charge on any atom is 0.236 e. The van der Waals surface area contributed by atoms with E-state index < -0.39 is 5.91 Å². The molecule has 19 heavy (non-hydrogen) atoms. The molecule has 0 aliphatic heterocycles. The molecule has 0 fully saturated rings. The van der Waals surface area contributed by atoms with Gasteiger partial charge in [0, 0.05) is 20.4 Å². The van der Waals surface area contributed by atoms with Gasteiger partial charge in [-0.25, -0.2) is 0 Å². The Hall–Kier alpha value is -1.59. The number of carbonyl (C=O) groups excluding carboxylic acids is 3. The van der Waals surface area contributed by atoms with E-state index in [-0.39, 0.29) is 18.4 Å².